The number of ether oxygens (including phenoxy) is 2. The van der Waals surface area contributed by atoms with Crippen LogP contribution in [0, 0.1) is 0 Å². The van der Waals surface area contributed by atoms with Crippen molar-refractivity contribution in [3.05, 3.63) is 36.5 Å². The van der Waals surface area contributed by atoms with Crippen molar-refractivity contribution in [1.82, 2.24) is 0 Å². The number of phosphoric ester groups is 1. The molecule has 0 heterocycles. The van der Waals surface area contributed by atoms with Crippen LogP contribution in [0.15, 0.2) is 36.5 Å². The number of carbonyl (C=O) groups is 2. The zero-order valence-electron chi connectivity index (χ0n) is 66.6. The van der Waals surface area contributed by atoms with Gasteiger partial charge >= 0.3 is 19.8 Å². The third-order valence-corrected chi connectivity index (χ3v) is 21.1. The van der Waals surface area contributed by atoms with Crippen molar-refractivity contribution >= 4 is 19.8 Å². The minimum absolute atomic E-state index is 0.0358. The summed E-state index contributed by atoms with van der Waals surface area (Å²) in [7, 11) is 1.51. The highest BCUT2D eigenvalue weighted by Gasteiger charge is 2.27. The molecule has 0 aliphatic heterocycles. The average Bonchev–Trinajstić information content (AvgIpc) is 1.08. The first kappa shape index (κ1) is 96.2. The predicted octanol–water partition coefficient (Wildman–Crippen LogP) is 29.3. The second-order valence-electron chi connectivity index (χ2n) is 31.3. The third kappa shape index (κ3) is 83.2. The summed E-state index contributed by atoms with van der Waals surface area (Å²) in [5.74, 6) is -0.768. The van der Waals surface area contributed by atoms with Crippen molar-refractivity contribution in [3.8, 4) is 0 Å². The molecule has 9 nitrogen and oxygen atoms in total. The van der Waals surface area contributed by atoms with Gasteiger partial charge in [-0.05, 0) is 70.6 Å². The minimum Gasteiger partial charge on any atom is -0.462 e. The molecule has 2 unspecified atom stereocenters. The zero-order valence-corrected chi connectivity index (χ0v) is 67.5. The normalized spacial score (nSPS) is 13.1. The molecular formula is C88H171NO8P+. The summed E-state index contributed by atoms with van der Waals surface area (Å²) >= 11 is 0. The Labute approximate surface area is 612 Å². The molecular weight excluding hydrogens is 1230 g/mol. The van der Waals surface area contributed by atoms with E-state index in [4.69, 9.17) is 18.5 Å². The van der Waals surface area contributed by atoms with Gasteiger partial charge in [-0.15, -0.1) is 0 Å². The maximum Gasteiger partial charge on any atom is 0.472 e. The van der Waals surface area contributed by atoms with Gasteiger partial charge in [0.25, 0.3) is 0 Å². The number of unbranched alkanes of at least 4 members (excludes halogenated alkanes) is 63. The fraction of sp³-hybridized carbons (Fsp3) is 0.909. The first-order valence-electron chi connectivity index (χ1n) is 43.7. The van der Waals surface area contributed by atoms with Gasteiger partial charge in [0.15, 0.2) is 6.10 Å². The Hall–Kier alpha value is -1.77. The number of phosphoric acid groups is 1. The van der Waals surface area contributed by atoms with Crippen LogP contribution in [0.4, 0.5) is 0 Å². The molecule has 0 saturated heterocycles. The highest BCUT2D eigenvalue weighted by molar-refractivity contribution is 7.47. The highest BCUT2D eigenvalue weighted by atomic mass is 31.2. The molecule has 0 saturated carbocycles. The van der Waals surface area contributed by atoms with Crippen LogP contribution in [0.25, 0.3) is 0 Å². The molecule has 0 aromatic heterocycles. The van der Waals surface area contributed by atoms with E-state index in [1.165, 1.54) is 392 Å². The number of nitrogens with zero attached hydrogens (tertiary/aromatic N) is 1. The van der Waals surface area contributed by atoms with Crippen LogP contribution >= 0.6 is 7.82 Å². The molecule has 2 atom stereocenters. The number of hydrogen-bond donors (Lipinski definition) is 1. The van der Waals surface area contributed by atoms with Gasteiger partial charge in [-0.1, -0.05) is 416 Å². The van der Waals surface area contributed by atoms with Crippen LogP contribution in [-0.2, 0) is 32.7 Å². The van der Waals surface area contributed by atoms with Gasteiger partial charge < -0.3 is 18.9 Å². The number of carbonyl (C=O) groups excluding carboxylic acids is 2. The van der Waals surface area contributed by atoms with Gasteiger partial charge in [-0.25, -0.2) is 4.57 Å². The second-order valence-corrected chi connectivity index (χ2v) is 32.7. The molecule has 0 aliphatic rings. The maximum absolute atomic E-state index is 12.9. The number of rotatable bonds is 83. The van der Waals surface area contributed by atoms with E-state index in [0.29, 0.717) is 17.4 Å². The van der Waals surface area contributed by atoms with Crippen molar-refractivity contribution in [2.24, 2.45) is 0 Å². The molecule has 0 aromatic carbocycles. The Morgan fingerprint density at radius 1 is 0.316 bits per heavy atom. The smallest absolute Gasteiger partial charge is 0.462 e. The second kappa shape index (κ2) is 79.3. The van der Waals surface area contributed by atoms with Crippen LogP contribution in [0.3, 0.4) is 0 Å². The van der Waals surface area contributed by atoms with Crippen LogP contribution in [0.5, 0.6) is 0 Å². The van der Waals surface area contributed by atoms with Crippen LogP contribution < -0.4 is 0 Å². The van der Waals surface area contributed by atoms with Gasteiger partial charge in [0.2, 0.25) is 0 Å². The molecule has 0 bridgehead atoms. The largest absolute Gasteiger partial charge is 0.472 e. The first-order valence-corrected chi connectivity index (χ1v) is 45.2. The number of hydrogen-bond acceptors (Lipinski definition) is 7. The first-order chi connectivity index (χ1) is 48.0. The van der Waals surface area contributed by atoms with Crippen LogP contribution in [0.2, 0.25) is 0 Å². The number of likely N-dealkylation sites (N-methyl/N-ethyl adjacent to an activating group) is 1. The topological polar surface area (TPSA) is 108 Å². The summed E-state index contributed by atoms with van der Waals surface area (Å²) in [4.78, 5) is 36.0. The van der Waals surface area contributed by atoms with E-state index in [1.807, 2.05) is 21.1 Å². The minimum atomic E-state index is -4.39. The molecule has 0 rings (SSSR count). The van der Waals surface area contributed by atoms with Gasteiger partial charge in [0.1, 0.15) is 19.8 Å². The van der Waals surface area contributed by atoms with Crippen molar-refractivity contribution in [1.29, 1.82) is 0 Å². The van der Waals surface area contributed by atoms with E-state index in [9.17, 15) is 19.0 Å². The lowest BCUT2D eigenvalue weighted by Gasteiger charge is -2.24. The third-order valence-electron chi connectivity index (χ3n) is 20.1. The summed E-state index contributed by atoms with van der Waals surface area (Å²) in [6.45, 7) is 4.51. The SMILES string of the molecule is CCCCCCC/C=C\C/C=C\CCCCCCCCCCCCCCCCCCCCCCCCCC(=O)OC(COC(=O)CCCCCCCCCCCCCCCCCCCCCCCCCCCCC/C=C\CCCCCCCCCC)COP(=O)(O)OCC[N+](C)(C)C. The maximum atomic E-state index is 12.9. The Bertz CT molecular complexity index is 1740. The monoisotopic (exact) mass is 1400 g/mol. The summed E-state index contributed by atoms with van der Waals surface area (Å²) in [6.07, 6.45) is 105. The van der Waals surface area contributed by atoms with Crippen molar-refractivity contribution < 1.29 is 42.1 Å². The molecule has 0 fully saturated rings. The highest BCUT2D eigenvalue weighted by Crippen LogP contribution is 2.43. The molecule has 580 valence electrons. The van der Waals surface area contributed by atoms with Gasteiger partial charge in [0.05, 0.1) is 27.7 Å². The number of allylic oxidation sites excluding steroid dienone is 6. The standard InChI is InChI=1S/C88H170NO8P/c1-6-8-10-12-14-16-18-20-22-24-26-28-30-32-34-36-38-40-42-43-44-45-47-48-50-52-54-56-58-60-62-64-66-68-70-72-74-76-78-80-87(90)94-84-86(85-96-98(92,93)95-83-82-89(3,4)5)97-88(91)81-79-77-75-73-71-69-67-65-63-61-59-57-55-53-51-49-46-41-39-37-35-33-31-29-27-25-23-21-19-17-15-13-11-9-7-2/h19,21,24-27,86H,6-18,20,22-23,28-85H2,1-5H3/p+1/b21-19-,26-24-,27-25-. The molecule has 0 aliphatic carbocycles. The van der Waals surface area contributed by atoms with Crippen LogP contribution in [0.1, 0.15) is 463 Å². The lowest BCUT2D eigenvalue weighted by Crippen LogP contribution is -2.37. The molecule has 0 amide bonds. The van der Waals surface area contributed by atoms with Crippen molar-refractivity contribution in [2.45, 2.75) is 469 Å². The van der Waals surface area contributed by atoms with E-state index in [-0.39, 0.29) is 25.6 Å². The Kier molecular flexibility index (Phi) is 77.9. The lowest BCUT2D eigenvalue weighted by molar-refractivity contribution is -0.870. The molecule has 10 heteroatoms. The molecule has 0 spiro atoms. The van der Waals surface area contributed by atoms with Crippen molar-refractivity contribution in [2.75, 3.05) is 47.5 Å². The van der Waals surface area contributed by atoms with E-state index < -0.39 is 26.5 Å². The fourth-order valence-corrected chi connectivity index (χ4v) is 14.2. The fourth-order valence-electron chi connectivity index (χ4n) is 13.5. The van der Waals surface area contributed by atoms with E-state index in [0.717, 1.165) is 44.9 Å². The van der Waals surface area contributed by atoms with Gasteiger partial charge in [-0.2, -0.15) is 0 Å². The average molecular weight is 1400 g/mol. The molecule has 0 aromatic rings. The Balaban J connectivity index is 3.85. The van der Waals surface area contributed by atoms with E-state index in [2.05, 4.69) is 50.3 Å². The summed E-state index contributed by atoms with van der Waals surface area (Å²) in [5, 5.41) is 0. The van der Waals surface area contributed by atoms with E-state index >= 15 is 0 Å². The number of esters is 2. The van der Waals surface area contributed by atoms with Crippen LogP contribution in [-0.4, -0.2) is 74.9 Å². The molecule has 1 N–H and O–H groups in total. The lowest BCUT2D eigenvalue weighted by atomic mass is 10.0. The Morgan fingerprint density at radius 2 is 0.551 bits per heavy atom. The van der Waals surface area contributed by atoms with Gasteiger partial charge in [-0.3, -0.25) is 18.6 Å². The summed E-state index contributed by atoms with van der Waals surface area (Å²) < 4.78 is 34.9. The van der Waals surface area contributed by atoms with Gasteiger partial charge in [0, 0.05) is 12.8 Å². The summed E-state index contributed by atoms with van der Waals surface area (Å²) in [5.41, 5.74) is 0. The molecule has 98 heavy (non-hydrogen) atoms. The Morgan fingerprint density at radius 3 is 0.816 bits per heavy atom. The van der Waals surface area contributed by atoms with E-state index in [1.54, 1.807) is 0 Å². The quantitative estimate of drug-likeness (QED) is 0.0211. The number of quaternary nitrogens is 1. The summed E-state index contributed by atoms with van der Waals surface area (Å²) in [6, 6.07) is 0. The zero-order chi connectivity index (χ0) is 71.1. The predicted molar refractivity (Wildman–Crippen MR) is 427 cm³/mol. The van der Waals surface area contributed by atoms with Crippen molar-refractivity contribution in [3.63, 3.8) is 0 Å². The molecule has 0 radical (unpaired) electrons.